The van der Waals surface area contributed by atoms with Crippen LogP contribution in [0.4, 0.5) is 5.69 Å². The number of hydrogen-bond donors (Lipinski definition) is 2. The second kappa shape index (κ2) is 3.17. The van der Waals surface area contributed by atoms with E-state index in [0.29, 0.717) is 12.1 Å². The summed E-state index contributed by atoms with van der Waals surface area (Å²) in [6.07, 6.45) is 3.86. The average molecular weight is 138 g/mol. The van der Waals surface area contributed by atoms with Gasteiger partial charge in [-0.15, -0.1) is 0 Å². The van der Waals surface area contributed by atoms with Gasteiger partial charge in [0.2, 0.25) is 0 Å². The highest BCUT2D eigenvalue weighted by Gasteiger charge is 1.94. The zero-order valence-corrected chi connectivity index (χ0v) is 5.62. The van der Waals surface area contributed by atoms with Crippen molar-refractivity contribution in [2.75, 3.05) is 12.3 Å². The number of nitrogen functional groups attached to an aromatic ring is 1. The van der Waals surface area contributed by atoms with Crippen molar-refractivity contribution < 1.29 is 5.11 Å². The van der Waals surface area contributed by atoms with Crippen molar-refractivity contribution in [3.63, 3.8) is 0 Å². The highest BCUT2D eigenvalue weighted by Crippen LogP contribution is 2.07. The van der Waals surface area contributed by atoms with E-state index in [9.17, 15) is 0 Å². The summed E-state index contributed by atoms with van der Waals surface area (Å²) in [4.78, 5) is 3.82. The lowest BCUT2D eigenvalue weighted by Crippen LogP contribution is -1.97. The smallest absolute Gasteiger partial charge is 0.0533 e. The van der Waals surface area contributed by atoms with Gasteiger partial charge in [0, 0.05) is 12.8 Å². The zero-order valence-electron chi connectivity index (χ0n) is 5.62. The molecule has 3 N–H and O–H groups in total. The molecule has 0 saturated carbocycles. The van der Waals surface area contributed by atoms with E-state index in [1.165, 1.54) is 0 Å². The van der Waals surface area contributed by atoms with Crippen molar-refractivity contribution in [3.05, 3.63) is 24.0 Å². The predicted octanol–water partition coefficient (Wildman–Crippen LogP) is 0.199. The first-order valence-electron chi connectivity index (χ1n) is 3.14. The van der Waals surface area contributed by atoms with Gasteiger partial charge in [0.15, 0.2) is 0 Å². The van der Waals surface area contributed by atoms with Crippen LogP contribution in [0, 0.1) is 0 Å². The van der Waals surface area contributed by atoms with Crippen molar-refractivity contribution in [1.82, 2.24) is 4.98 Å². The lowest BCUT2D eigenvalue weighted by Gasteiger charge is -1.99. The summed E-state index contributed by atoms with van der Waals surface area (Å²) in [5.74, 6) is 0. The molecule has 1 aromatic rings. The van der Waals surface area contributed by atoms with Crippen molar-refractivity contribution in [1.29, 1.82) is 0 Å². The van der Waals surface area contributed by atoms with E-state index in [0.717, 1.165) is 5.56 Å². The Bertz CT molecular complexity index is 213. The molecule has 0 saturated heterocycles. The molecule has 0 aromatic carbocycles. The minimum atomic E-state index is 0.133. The molecule has 3 heteroatoms. The molecule has 3 nitrogen and oxygen atoms in total. The van der Waals surface area contributed by atoms with Crippen LogP contribution in [0.3, 0.4) is 0 Å². The Hall–Kier alpha value is -1.09. The second-order valence-corrected chi connectivity index (χ2v) is 2.05. The quantitative estimate of drug-likeness (QED) is 0.613. The molecule has 54 valence electrons. The summed E-state index contributed by atoms with van der Waals surface area (Å²) >= 11 is 0. The van der Waals surface area contributed by atoms with Gasteiger partial charge in [-0.25, -0.2) is 0 Å². The molecule has 0 bridgehead atoms. The monoisotopic (exact) mass is 138 g/mol. The Morgan fingerprint density at radius 3 is 3.00 bits per heavy atom. The number of aromatic nitrogens is 1. The summed E-state index contributed by atoms with van der Waals surface area (Å²) in [6.45, 7) is 0.133. The summed E-state index contributed by atoms with van der Waals surface area (Å²) in [5.41, 5.74) is 7.14. The number of nitrogens with two attached hydrogens (primary N) is 1. The molecule has 1 heterocycles. The van der Waals surface area contributed by atoms with Gasteiger partial charge in [-0.2, -0.15) is 0 Å². The first-order valence-corrected chi connectivity index (χ1v) is 3.14. The van der Waals surface area contributed by atoms with Crippen LogP contribution in [-0.2, 0) is 6.42 Å². The number of pyridine rings is 1. The molecule has 0 aliphatic carbocycles. The lowest BCUT2D eigenvalue weighted by molar-refractivity contribution is 0.300. The number of aliphatic hydroxyl groups excluding tert-OH is 1. The topological polar surface area (TPSA) is 59.1 Å². The Balaban J connectivity index is 2.81. The number of anilines is 1. The number of aliphatic hydroxyl groups is 1. The molecule has 1 rings (SSSR count). The Kier molecular flexibility index (Phi) is 2.23. The van der Waals surface area contributed by atoms with Crippen molar-refractivity contribution in [2.45, 2.75) is 6.42 Å². The molecule has 0 aliphatic heterocycles. The highest BCUT2D eigenvalue weighted by atomic mass is 16.2. The molecule has 0 aliphatic rings. The van der Waals surface area contributed by atoms with Crippen molar-refractivity contribution in [2.24, 2.45) is 0 Å². The largest absolute Gasteiger partial charge is 0.397 e. The fourth-order valence-corrected chi connectivity index (χ4v) is 0.784. The highest BCUT2D eigenvalue weighted by molar-refractivity contribution is 5.43. The fourth-order valence-electron chi connectivity index (χ4n) is 0.784. The number of nitrogens with zero attached hydrogens (tertiary/aromatic N) is 1. The molecule has 0 spiro atoms. The molecule has 0 fully saturated rings. The van der Waals surface area contributed by atoms with Crippen LogP contribution in [0.15, 0.2) is 18.5 Å². The maximum atomic E-state index is 8.57. The van der Waals surface area contributed by atoms with Gasteiger partial charge < -0.3 is 10.8 Å². The third kappa shape index (κ3) is 1.45. The van der Waals surface area contributed by atoms with Crippen LogP contribution >= 0.6 is 0 Å². The van der Waals surface area contributed by atoms with Crippen molar-refractivity contribution >= 4 is 5.69 Å². The van der Waals surface area contributed by atoms with Gasteiger partial charge in [-0.3, -0.25) is 4.98 Å². The molecule has 0 atom stereocenters. The molecular formula is C7H10N2O. The Morgan fingerprint density at radius 2 is 2.40 bits per heavy atom. The Morgan fingerprint density at radius 1 is 1.60 bits per heavy atom. The van der Waals surface area contributed by atoms with Gasteiger partial charge >= 0.3 is 0 Å². The predicted molar refractivity (Wildman–Crippen MR) is 39.4 cm³/mol. The lowest BCUT2D eigenvalue weighted by atomic mass is 10.2. The van der Waals surface area contributed by atoms with Gasteiger partial charge in [0.25, 0.3) is 0 Å². The molecule has 1 aromatic heterocycles. The summed E-state index contributed by atoms with van der Waals surface area (Å²) in [7, 11) is 0. The van der Waals surface area contributed by atoms with Gasteiger partial charge in [0.1, 0.15) is 0 Å². The SMILES string of the molecule is Nc1cnccc1CCO. The van der Waals surface area contributed by atoms with Crippen molar-refractivity contribution in [3.8, 4) is 0 Å². The first-order chi connectivity index (χ1) is 4.84. The van der Waals surface area contributed by atoms with E-state index in [4.69, 9.17) is 10.8 Å². The van der Waals surface area contributed by atoms with E-state index >= 15 is 0 Å². The second-order valence-electron chi connectivity index (χ2n) is 2.05. The van der Waals surface area contributed by atoms with Gasteiger partial charge in [-0.1, -0.05) is 0 Å². The standard InChI is InChI=1S/C7H10N2O/c8-7-5-9-3-1-6(7)2-4-10/h1,3,5,10H,2,4,8H2. The first kappa shape index (κ1) is 7.02. The van der Waals surface area contributed by atoms with Crippen LogP contribution in [0.25, 0.3) is 0 Å². The normalized spacial score (nSPS) is 9.70. The van der Waals surface area contributed by atoms with E-state index in [-0.39, 0.29) is 6.61 Å². The van der Waals surface area contributed by atoms with Crippen LogP contribution in [0.5, 0.6) is 0 Å². The van der Waals surface area contributed by atoms with Crippen LogP contribution in [0.2, 0.25) is 0 Å². The molecule has 0 amide bonds. The number of hydrogen-bond acceptors (Lipinski definition) is 3. The van der Waals surface area contributed by atoms with Gasteiger partial charge in [-0.05, 0) is 18.1 Å². The van der Waals surface area contributed by atoms with Gasteiger partial charge in [0.05, 0.1) is 11.9 Å². The minimum Gasteiger partial charge on any atom is -0.397 e. The molecular weight excluding hydrogens is 128 g/mol. The third-order valence-corrected chi connectivity index (χ3v) is 1.33. The summed E-state index contributed by atoms with van der Waals surface area (Å²) < 4.78 is 0. The Labute approximate surface area is 59.5 Å². The van der Waals surface area contributed by atoms with Crippen LogP contribution in [0.1, 0.15) is 5.56 Å². The average Bonchev–Trinajstić information content (AvgIpc) is 1.94. The van der Waals surface area contributed by atoms with Crippen LogP contribution in [-0.4, -0.2) is 16.7 Å². The van der Waals surface area contributed by atoms with E-state index in [2.05, 4.69) is 4.98 Å². The van der Waals surface area contributed by atoms with E-state index in [1.54, 1.807) is 12.4 Å². The minimum absolute atomic E-state index is 0.133. The molecule has 10 heavy (non-hydrogen) atoms. The van der Waals surface area contributed by atoms with Crippen LogP contribution < -0.4 is 5.73 Å². The molecule has 0 unspecified atom stereocenters. The zero-order chi connectivity index (χ0) is 7.40. The molecule has 0 radical (unpaired) electrons. The van der Waals surface area contributed by atoms with E-state index in [1.807, 2.05) is 6.07 Å². The fraction of sp³-hybridized carbons (Fsp3) is 0.286. The summed E-state index contributed by atoms with van der Waals surface area (Å²) in [6, 6.07) is 1.81. The van der Waals surface area contributed by atoms with E-state index < -0.39 is 0 Å². The maximum Gasteiger partial charge on any atom is 0.0533 e. The maximum absolute atomic E-state index is 8.57. The summed E-state index contributed by atoms with van der Waals surface area (Å²) in [5, 5.41) is 8.57. The third-order valence-electron chi connectivity index (χ3n) is 1.33. The number of rotatable bonds is 2.